The number of nitrogens with zero attached hydrogens (tertiary/aromatic N) is 4. The number of carbonyl (C=O) groups excluding carboxylic acids is 2. The normalized spacial score (nSPS) is 22.6. The summed E-state index contributed by atoms with van der Waals surface area (Å²) in [7, 11) is 0. The summed E-state index contributed by atoms with van der Waals surface area (Å²) in [5, 5.41) is 0. The summed E-state index contributed by atoms with van der Waals surface area (Å²) < 4.78 is 0. The molecule has 0 radical (unpaired) electrons. The minimum Gasteiger partial charge on any atom is -0.338 e. The summed E-state index contributed by atoms with van der Waals surface area (Å²) in [6, 6.07) is 7.11. The van der Waals surface area contributed by atoms with E-state index < -0.39 is 0 Å². The molecule has 0 N–H and O–H groups in total. The first kappa shape index (κ1) is 16.7. The Morgan fingerprint density at radius 1 is 0.846 bits per heavy atom. The molecular formula is C20H22N4O2. The maximum absolute atomic E-state index is 12.8. The van der Waals surface area contributed by atoms with Gasteiger partial charge in [-0.1, -0.05) is 0 Å². The lowest BCUT2D eigenvalue weighted by Crippen LogP contribution is -2.47. The average molecular weight is 350 g/mol. The second-order valence-electron chi connectivity index (χ2n) is 7.28. The van der Waals surface area contributed by atoms with E-state index in [1.54, 1.807) is 43.0 Å². The van der Waals surface area contributed by atoms with Gasteiger partial charge in [-0.3, -0.25) is 19.6 Å². The van der Waals surface area contributed by atoms with Gasteiger partial charge in [-0.25, -0.2) is 0 Å². The lowest BCUT2D eigenvalue weighted by molar-refractivity contribution is 0.0515. The number of piperidine rings is 1. The second kappa shape index (κ2) is 6.86. The number of rotatable bonds is 2. The van der Waals surface area contributed by atoms with Crippen LogP contribution in [0.25, 0.3) is 0 Å². The Morgan fingerprint density at radius 2 is 1.58 bits per heavy atom. The zero-order valence-electron chi connectivity index (χ0n) is 14.7. The third kappa shape index (κ3) is 3.19. The molecule has 2 aromatic rings. The van der Waals surface area contributed by atoms with Gasteiger partial charge < -0.3 is 9.80 Å². The van der Waals surface area contributed by atoms with Crippen molar-refractivity contribution in [3.63, 3.8) is 0 Å². The fraction of sp³-hybridized carbons (Fsp3) is 0.400. The van der Waals surface area contributed by atoms with Crippen LogP contribution in [0.3, 0.4) is 0 Å². The van der Waals surface area contributed by atoms with Crippen LogP contribution in [0.4, 0.5) is 0 Å². The van der Waals surface area contributed by atoms with E-state index in [2.05, 4.69) is 9.97 Å². The number of pyridine rings is 2. The Kier molecular flexibility index (Phi) is 4.41. The molecule has 2 saturated heterocycles. The van der Waals surface area contributed by atoms with Crippen LogP contribution in [-0.4, -0.2) is 57.8 Å². The maximum atomic E-state index is 12.8. The van der Waals surface area contributed by atoms with Gasteiger partial charge in [0, 0.05) is 61.9 Å². The molecule has 0 unspecified atom stereocenters. The highest BCUT2D eigenvalue weighted by Crippen LogP contribution is 2.39. The van der Waals surface area contributed by atoms with E-state index in [1.807, 2.05) is 15.9 Å². The number of amides is 2. The highest BCUT2D eigenvalue weighted by molar-refractivity contribution is 5.95. The first-order valence-electron chi connectivity index (χ1n) is 9.06. The van der Waals surface area contributed by atoms with Crippen LogP contribution in [0, 0.1) is 5.41 Å². The number of carbonyl (C=O) groups is 2. The van der Waals surface area contributed by atoms with E-state index in [0.29, 0.717) is 24.2 Å². The number of hydrogen-bond donors (Lipinski definition) is 0. The highest BCUT2D eigenvalue weighted by atomic mass is 16.2. The number of hydrogen-bond acceptors (Lipinski definition) is 4. The Hall–Kier alpha value is -2.76. The van der Waals surface area contributed by atoms with Crippen molar-refractivity contribution in [3.05, 3.63) is 60.2 Å². The summed E-state index contributed by atoms with van der Waals surface area (Å²) in [6.45, 7) is 2.94. The molecule has 0 aliphatic carbocycles. The van der Waals surface area contributed by atoms with Crippen LogP contribution in [0.15, 0.2) is 49.1 Å². The van der Waals surface area contributed by atoms with Crippen molar-refractivity contribution < 1.29 is 9.59 Å². The molecular weight excluding hydrogens is 328 g/mol. The van der Waals surface area contributed by atoms with Crippen LogP contribution in [-0.2, 0) is 0 Å². The molecule has 1 atom stereocenters. The molecule has 2 amide bonds. The molecule has 2 fully saturated rings. The molecule has 2 aromatic heterocycles. The fourth-order valence-corrected chi connectivity index (χ4v) is 4.17. The van der Waals surface area contributed by atoms with E-state index in [1.165, 1.54) is 0 Å². The molecule has 6 heteroatoms. The first-order valence-corrected chi connectivity index (χ1v) is 9.06. The van der Waals surface area contributed by atoms with Gasteiger partial charge in [-0.15, -0.1) is 0 Å². The number of aromatic nitrogens is 2. The third-order valence-corrected chi connectivity index (χ3v) is 5.51. The molecule has 0 saturated carbocycles. The van der Waals surface area contributed by atoms with Crippen LogP contribution in [0.1, 0.15) is 40.0 Å². The van der Waals surface area contributed by atoms with Gasteiger partial charge in [0.2, 0.25) is 0 Å². The zero-order valence-corrected chi connectivity index (χ0v) is 14.7. The lowest BCUT2D eigenvalue weighted by Gasteiger charge is -2.40. The van der Waals surface area contributed by atoms with E-state index in [4.69, 9.17) is 0 Å². The Balaban J connectivity index is 1.46. The van der Waals surface area contributed by atoms with E-state index in [9.17, 15) is 9.59 Å². The summed E-state index contributed by atoms with van der Waals surface area (Å²) >= 11 is 0. The van der Waals surface area contributed by atoms with Gasteiger partial charge in [0.15, 0.2) is 0 Å². The van der Waals surface area contributed by atoms with Crippen molar-refractivity contribution in [2.45, 2.75) is 19.3 Å². The lowest BCUT2D eigenvalue weighted by atomic mass is 9.79. The predicted octanol–water partition coefficient (Wildman–Crippen LogP) is 2.25. The van der Waals surface area contributed by atoms with E-state index >= 15 is 0 Å². The van der Waals surface area contributed by atoms with Crippen LogP contribution in [0.5, 0.6) is 0 Å². The molecule has 26 heavy (non-hydrogen) atoms. The predicted molar refractivity (Wildman–Crippen MR) is 96.6 cm³/mol. The SMILES string of the molecule is O=C(c1cccnc1)N1CCC[C@@]2(CCN(C(=O)c3ccncc3)C2)C1. The van der Waals surface area contributed by atoms with Gasteiger partial charge in [-0.2, -0.15) is 0 Å². The van der Waals surface area contributed by atoms with Crippen molar-refractivity contribution in [2.75, 3.05) is 26.2 Å². The highest BCUT2D eigenvalue weighted by Gasteiger charge is 2.44. The second-order valence-corrected chi connectivity index (χ2v) is 7.28. The number of likely N-dealkylation sites (tertiary alicyclic amines) is 2. The Labute approximate surface area is 152 Å². The molecule has 2 aliphatic heterocycles. The summed E-state index contributed by atoms with van der Waals surface area (Å²) in [6.07, 6.45) is 9.57. The molecule has 2 aliphatic rings. The average Bonchev–Trinajstić information content (AvgIpc) is 3.11. The van der Waals surface area contributed by atoms with Crippen molar-refractivity contribution in [3.8, 4) is 0 Å². The standard InChI is InChI=1S/C20H22N4O2/c25-18(16-4-9-21-10-5-16)24-12-7-20(15-24)6-2-11-23(14-20)19(26)17-3-1-8-22-13-17/h1,3-5,8-10,13H,2,6-7,11-12,14-15H2/t20-/m1/s1. The maximum Gasteiger partial charge on any atom is 0.255 e. The summed E-state index contributed by atoms with van der Waals surface area (Å²) in [5.41, 5.74) is 1.32. The van der Waals surface area contributed by atoms with Gasteiger partial charge in [0.25, 0.3) is 11.8 Å². The van der Waals surface area contributed by atoms with Gasteiger partial charge in [-0.05, 0) is 43.5 Å². The molecule has 1 spiro atoms. The van der Waals surface area contributed by atoms with Crippen molar-refractivity contribution in [1.82, 2.24) is 19.8 Å². The molecule has 134 valence electrons. The molecule has 4 heterocycles. The van der Waals surface area contributed by atoms with E-state index in [0.717, 1.165) is 32.4 Å². The summed E-state index contributed by atoms with van der Waals surface area (Å²) in [4.78, 5) is 37.4. The van der Waals surface area contributed by atoms with Crippen LogP contribution < -0.4 is 0 Å². The molecule has 0 bridgehead atoms. The fourth-order valence-electron chi connectivity index (χ4n) is 4.17. The smallest absolute Gasteiger partial charge is 0.255 e. The van der Waals surface area contributed by atoms with Gasteiger partial charge in [0.05, 0.1) is 5.56 Å². The van der Waals surface area contributed by atoms with Crippen LogP contribution >= 0.6 is 0 Å². The molecule has 0 aromatic carbocycles. The third-order valence-electron chi connectivity index (χ3n) is 5.51. The van der Waals surface area contributed by atoms with Crippen LogP contribution in [0.2, 0.25) is 0 Å². The minimum atomic E-state index is 0.0127. The monoisotopic (exact) mass is 350 g/mol. The molecule has 6 nitrogen and oxygen atoms in total. The van der Waals surface area contributed by atoms with Gasteiger partial charge >= 0.3 is 0 Å². The molecule has 4 rings (SSSR count). The van der Waals surface area contributed by atoms with Crippen molar-refractivity contribution in [2.24, 2.45) is 5.41 Å². The Bertz CT molecular complexity index is 796. The summed E-state index contributed by atoms with van der Waals surface area (Å²) in [5.74, 6) is 0.0936. The quantitative estimate of drug-likeness (QED) is 0.833. The first-order chi connectivity index (χ1) is 12.7. The zero-order chi connectivity index (χ0) is 18.0. The van der Waals surface area contributed by atoms with Gasteiger partial charge in [0.1, 0.15) is 0 Å². The van der Waals surface area contributed by atoms with Crippen molar-refractivity contribution in [1.29, 1.82) is 0 Å². The minimum absolute atomic E-state index is 0.0127. The topological polar surface area (TPSA) is 66.4 Å². The largest absolute Gasteiger partial charge is 0.338 e. The Morgan fingerprint density at radius 3 is 2.31 bits per heavy atom. The van der Waals surface area contributed by atoms with E-state index in [-0.39, 0.29) is 17.2 Å². The van der Waals surface area contributed by atoms with Crippen molar-refractivity contribution >= 4 is 11.8 Å².